The lowest BCUT2D eigenvalue weighted by atomic mass is 9.91. The minimum atomic E-state index is -1.93. The van der Waals surface area contributed by atoms with Crippen LogP contribution in [0.25, 0.3) is 0 Å². The molecule has 2 aromatic carbocycles. The van der Waals surface area contributed by atoms with Gasteiger partial charge in [0.2, 0.25) is 0 Å². The van der Waals surface area contributed by atoms with Gasteiger partial charge in [0.05, 0.1) is 18.7 Å². The fraction of sp³-hybridized carbons (Fsp3) is 0.176. The number of aliphatic hydroxyl groups is 1. The maximum absolute atomic E-state index is 13.8. The lowest BCUT2D eigenvalue weighted by molar-refractivity contribution is -0.136. The molecular weight excluding hydrogens is 325 g/mol. The second-order valence-electron chi connectivity index (χ2n) is 5.90. The van der Waals surface area contributed by atoms with Gasteiger partial charge < -0.3 is 10.0 Å². The molecule has 1 atom stereocenters. The van der Waals surface area contributed by atoms with Crippen LogP contribution in [0.1, 0.15) is 17.0 Å². The summed E-state index contributed by atoms with van der Waals surface area (Å²) in [4.78, 5) is 14.4. The number of nitrogens with zero attached hydrogens (tertiary/aromatic N) is 4. The average Bonchev–Trinajstić information content (AvgIpc) is 3.18. The van der Waals surface area contributed by atoms with Crippen LogP contribution in [-0.2, 0) is 23.4 Å². The molecule has 0 bridgehead atoms. The van der Waals surface area contributed by atoms with Crippen LogP contribution in [0.3, 0.4) is 0 Å². The van der Waals surface area contributed by atoms with Gasteiger partial charge in [-0.2, -0.15) is 5.21 Å². The first-order valence-electron chi connectivity index (χ1n) is 7.68. The number of carbonyl (C=O) groups is 1. The maximum Gasteiger partial charge on any atom is 0.264 e. The number of amides is 1. The molecule has 2 N–H and O–H groups in total. The van der Waals surface area contributed by atoms with E-state index in [2.05, 4.69) is 20.6 Å². The molecule has 126 valence electrons. The molecule has 0 saturated carbocycles. The largest absolute Gasteiger partial charge is 0.375 e. The van der Waals surface area contributed by atoms with Crippen LogP contribution in [0.2, 0.25) is 0 Å². The quantitative estimate of drug-likeness (QED) is 0.747. The van der Waals surface area contributed by atoms with Gasteiger partial charge in [0.25, 0.3) is 5.91 Å². The van der Waals surface area contributed by atoms with Crippen LogP contribution in [0.5, 0.6) is 0 Å². The zero-order chi connectivity index (χ0) is 17.4. The number of hydrogen-bond acceptors (Lipinski definition) is 5. The standard InChI is InChI=1S/C17H14FN5O2/c18-12-6-7-14-13(8-12)17(25,9-15-19-21-22-20-15)16(24)23(14)10-11-4-2-1-3-5-11/h1-8,25H,9-10H2,(H,19,20,21,22). The predicted molar refractivity (Wildman–Crippen MR) is 85.8 cm³/mol. The summed E-state index contributed by atoms with van der Waals surface area (Å²) in [6, 6.07) is 13.3. The summed E-state index contributed by atoms with van der Waals surface area (Å²) in [5, 5.41) is 24.4. The normalized spacial score (nSPS) is 19.3. The lowest BCUT2D eigenvalue weighted by Crippen LogP contribution is -2.42. The molecule has 3 aromatic rings. The van der Waals surface area contributed by atoms with E-state index in [1.54, 1.807) is 0 Å². The van der Waals surface area contributed by atoms with Gasteiger partial charge in [-0.15, -0.1) is 10.2 Å². The van der Waals surface area contributed by atoms with Crippen LogP contribution in [-0.4, -0.2) is 31.6 Å². The Morgan fingerprint density at radius 3 is 2.72 bits per heavy atom. The second kappa shape index (κ2) is 5.75. The van der Waals surface area contributed by atoms with Gasteiger partial charge in [-0.3, -0.25) is 4.79 Å². The molecule has 1 aliphatic rings. The van der Waals surface area contributed by atoms with Crippen molar-refractivity contribution in [1.29, 1.82) is 0 Å². The number of fused-ring (bicyclic) bond motifs is 1. The summed E-state index contributed by atoms with van der Waals surface area (Å²) in [7, 11) is 0. The summed E-state index contributed by atoms with van der Waals surface area (Å²) in [5.41, 5.74) is -0.356. The fourth-order valence-corrected chi connectivity index (χ4v) is 3.10. The SMILES string of the molecule is O=C1N(Cc2ccccc2)c2ccc(F)cc2C1(O)Cc1nn[nH]n1. The van der Waals surface area contributed by atoms with Gasteiger partial charge in [0, 0.05) is 5.56 Å². The number of tetrazole rings is 1. The summed E-state index contributed by atoms with van der Waals surface area (Å²) in [6.07, 6.45) is -0.190. The van der Waals surface area contributed by atoms with E-state index in [0.717, 1.165) is 5.56 Å². The van der Waals surface area contributed by atoms with Crippen molar-refractivity contribution < 1.29 is 14.3 Å². The molecule has 0 fully saturated rings. The molecule has 2 heterocycles. The van der Waals surface area contributed by atoms with Gasteiger partial charge >= 0.3 is 0 Å². The van der Waals surface area contributed by atoms with Crippen LogP contribution in [0, 0.1) is 5.82 Å². The van der Waals surface area contributed by atoms with E-state index in [1.165, 1.54) is 23.1 Å². The fourth-order valence-electron chi connectivity index (χ4n) is 3.10. The van der Waals surface area contributed by atoms with E-state index >= 15 is 0 Å². The van der Waals surface area contributed by atoms with E-state index in [1.807, 2.05) is 30.3 Å². The molecule has 0 radical (unpaired) electrons. The Bertz CT molecular complexity index is 916. The van der Waals surface area contributed by atoms with E-state index < -0.39 is 17.3 Å². The second-order valence-corrected chi connectivity index (χ2v) is 5.90. The summed E-state index contributed by atoms with van der Waals surface area (Å²) >= 11 is 0. The first kappa shape index (κ1) is 15.4. The smallest absolute Gasteiger partial charge is 0.264 e. The number of nitrogens with one attached hydrogen (secondary N) is 1. The van der Waals surface area contributed by atoms with Crippen LogP contribution >= 0.6 is 0 Å². The number of rotatable bonds is 4. The topological polar surface area (TPSA) is 95.0 Å². The summed E-state index contributed by atoms with van der Waals surface area (Å²) in [6.45, 7) is 0.271. The molecule has 4 rings (SSSR count). The van der Waals surface area contributed by atoms with E-state index in [4.69, 9.17) is 0 Å². The molecule has 8 heteroatoms. The van der Waals surface area contributed by atoms with E-state index in [-0.39, 0.29) is 24.4 Å². The Hall–Kier alpha value is -3.13. The molecule has 1 unspecified atom stereocenters. The van der Waals surface area contributed by atoms with Crippen molar-refractivity contribution in [3.8, 4) is 0 Å². The minimum Gasteiger partial charge on any atom is -0.375 e. The van der Waals surface area contributed by atoms with Crippen molar-refractivity contribution in [2.45, 2.75) is 18.6 Å². The van der Waals surface area contributed by atoms with Gasteiger partial charge in [0.1, 0.15) is 5.82 Å². The number of anilines is 1. The number of H-pyrrole nitrogens is 1. The first-order valence-corrected chi connectivity index (χ1v) is 7.68. The number of benzene rings is 2. The van der Waals surface area contributed by atoms with Crippen molar-refractivity contribution in [1.82, 2.24) is 20.6 Å². The van der Waals surface area contributed by atoms with Gasteiger partial charge in [-0.25, -0.2) is 4.39 Å². The van der Waals surface area contributed by atoms with Crippen LogP contribution in [0.15, 0.2) is 48.5 Å². The number of hydrogen-bond donors (Lipinski definition) is 2. The Balaban J connectivity index is 1.77. The molecule has 0 spiro atoms. The monoisotopic (exact) mass is 339 g/mol. The molecule has 25 heavy (non-hydrogen) atoms. The third-order valence-electron chi connectivity index (χ3n) is 4.28. The van der Waals surface area contributed by atoms with Gasteiger partial charge in [0.15, 0.2) is 11.4 Å². The highest BCUT2D eigenvalue weighted by atomic mass is 19.1. The maximum atomic E-state index is 13.8. The minimum absolute atomic E-state index is 0.174. The number of aromatic nitrogens is 4. The Morgan fingerprint density at radius 1 is 1.20 bits per heavy atom. The number of halogens is 1. The lowest BCUT2D eigenvalue weighted by Gasteiger charge is -2.22. The van der Waals surface area contributed by atoms with Gasteiger partial charge in [-0.1, -0.05) is 35.5 Å². The highest BCUT2D eigenvalue weighted by Crippen LogP contribution is 2.42. The van der Waals surface area contributed by atoms with E-state index in [0.29, 0.717) is 5.69 Å². The summed E-state index contributed by atoms with van der Waals surface area (Å²) < 4.78 is 13.8. The van der Waals surface area contributed by atoms with Crippen molar-refractivity contribution in [3.63, 3.8) is 0 Å². The molecule has 1 aromatic heterocycles. The molecular formula is C17H14FN5O2. The third-order valence-corrected chi connectivity index (χ3v) is 4.28. The molecule has 0 saturated heterocycles. The molecule has 0 aliphatic carbocycles. The van der Waals surface area contributed by atoms with Crippen molar-refractivity contribution >= 4 is 11.6 Å². The Morgan fingerprint density at radius 2 is 2.00 bits per heavy atom. The predicted octanol–water partition coefficient (Wildman–Crippen LogP) is 1.32. The van der Waals surface area contributed by atoms with Crippen molar-refractivity contribution in [2.75, 3.05) is 4.90 Å². The molecule has 7 nitrogen and oxygen atoms in total. The Kier molecular flexibility index (Phi) is 3.54. The Labute approximate surface area is 142 Å². The number of aromatic amines is 1. The van der Waals surface area contributed by atoms with Crippen molar-refractivity contribution in [3.05, 3.63) is 71.3 Å². The molecule has 1 amide bonds. The number of carbonyl (C=O) groups excluding carboxylic acids is 1. The zero-order valence-corrected chi connectivity index (χ0v) is 13.1. The van der Waals surface area contributed by atoms with Crippen LogP contribution < -0.4 is 4.90 Å². The molecule has 1 aliphatic heterocycles. The highest BCUT2D eigenvalue weighted by molar-refractivity contribution is 6.06. The zero-order valence-electron chi connectivity index (χ0n) is 13.1. The highest BCUT2D eigenvalue weighted by Gasteiger charge is 2.50. The van der Waals surface area contributed by atoms with Crippen molar-refractivity contribution in [2.24, 2.45) is 0 Å². The van der Waals surface area contributed by atoms with Crippen LogP contribution in [0.4, 0.5) is 10.1 Å². The third kappa shape index (κ3) is 2.56. The van der Waals surface area contributed by atoms with Gasteiger partial charge in [-0.05, 0) is 23.8 Å². The summed E-state index contributed by atoms with van der Waals surface area (Å²) in [5.74, 6) is -0.894. The first-order chi connectivity index (χ1) is 12.1. The van der Waals surface area contributed by atoms with E-state index in [9.17, 15) is 14.3 Å². The average molecular weight is 339 g/mol.